The van der Waals surface area contributed by atoms with E-state index in [4.69, 9.17) is 11.6 Å². The van der Waals surface area contributed by atoms with Crippen LogP contribution >= 0.6 is 11.6 Å². The lowest BCUT2D eigenvalue weighted by molar-refractivity contribution is 0.190. The molecule has 0 heterocycles. The predicted octanol–water partition coefficient (Wildman–Crippen LogP) is 11.2. The number of rotatable bonds is 10. The Hall–Kier alpha value is -1.86. The summed E-state index contributed by atoms with van der Waals surface area (Å²) in [6.07, 6.45) is 23.1. The van der Waals surface area contributed by atoms with Crippen molar-refractivity contribution in [3.05, 3.63) is 76.6 Å². The Kier molecular flexibility index (Phi) is 10.3. The molecule has 0 spiro atoms. The molecule has 0 aliphatic heterocycles. The van der Waals surface area contributed by atoms with Crippen molar-refractivity contribution < 1.29 is 4.39 Å². The molecule has 2 aliphatic carbocycles. The van der Waals surface area contributed by atoms with Crippen LogP contribution in [0, 0.1) is 23.6 Å². The average Bonchev–Trinajstić information content (AvgIpc) is 2.92. The Balaban J connectivity index is 1.33. The molecule has 2 aromatic rings. The molecule has 36 heavy (non-hydrogen) atoms. The lowest BCUT2D eigenvalue weighted by Gasteiger charge is -2.35. The summed E-state index contributed by atoms with van der Waals surface area (Å²) in [5.74, 6) is 2.49. The molecule has 0 aromatic heterocycles. The van der Waals surface area contributed by atoms with E-state index in [9.17, 15) is 4.39 Å². The fraction of sp³-hybridized carbons (Fsp3) is 0.529. The average molecular weight is 507 g/mol. The summed E-state index contributed by atoms with van der Waals surface area (Å²) in [6, 6.07) is 12.5. The lowest BCUT2D eigenvalue weighted by Crippen LogP contribution is -2.23. The highest BCUT2D eigenvalue weighted by Crippen LogP contribution is 2.42. The summed E-state index contributed by atoms with van der Waals surface area (Å²) in [6.45, 7) is 4.29. The van der Waals surface area contributed by atoms with E-state index in [0.29, 0.717) is 0 Å². The Morgan fingerprint density at radius 2 is 1.67 bits per heavy atom. The van der Waals surface area contributed by atoms with Crippen LogP contribution in [-0.2, 0) is 6.42 Å². The highest BCUT2D eigenvalue weighted by Gasteiger charge is 2.28. The van der Waals surface area contributed by atoms with E-state index in [1.54, 1.807) is 0 Å². The second kappa shape index (κ2) is 13.6. The molecule has 2 heteroatoms. The van der Waals surface area contributed by atoms with Crippen molar-refractivity contribution in [2.45, 2.75) is 97.3 Å². The Labute approximate surface area is 224 Å². The van der Waals surface area contributed by atoms with Crippen molar-refractivity contribution in [2.24, 2.45) is 17.8 Å². The van der Waals surface area contributed by atoms with Crippen LogP contribution in [0.25, 0.3) is 16.7 Å². The van der Waals surface area contributed by atoms with Gasteiger partial charge in [-0.3, -0.25) is 0 Å². The van der Waals surface area contributed by atoms with Crippen molar-refractivity contribution >= 4 is 17.2 Å². The number of unbranched alkanes of at least 4 members (excludes halogenated alkanes) is 2. The number of halogens is 2. The van der Waals surface area contributed by atoms with Gasteiger partial charge in [0.1, 0.15) is 5.82 Å². The third-order valence-corrected chi connectivity index (χ3v) is 9.13. The van der Waals surface area contributed by atoms with E-state index >= 15 is 0 Å². The first-order valence-electron chi connectivity index (χ1n) is 14.5. The summed E-state index contributed by atoms with van der Waals surface area (Å²) in [4.78, 5) is 0. The standard InChI is InChI=1S/C34H44ClF/c1-3-5-7-9-25-11-13-26(14-12-25)27-15-17-28(18-16-27)29-19-21-30(22-20-29)32-24-23-31(10-8-6-4-2)34(36)33(32)35/h3,5,17,19-27H,4,6-16,18H2,1-2H3/b5-3+. The first-order chi connectivity index (χ1) is 17.6. The van der Waals surface area contributed by atoms with Crippen LogP contribution in [0.5, 0.6) is 0 Å². The van der Waals surface area contributed by atoms with Gasteiger partial charge < -0.3 is 0 Å². The molecule has 194 valence electrons. The number of aryl methyl sites for hydroxylation is 1. The molecule has 1 saturated carbocycles. The van der Waals surface area contributed by atoms with Crippen molar-refractivity contribution in [1.29, 1.82) is 0 Å². The van der Waals surface area contributed by atoms with Gasteiger partial charge in [0.05, 0.1) is 5.02 Å². The first-order valence-corrected chi connectivity index (χ1v) is 14.9. The molecule has 1 fully saturated rings. The minimum Gasteiger partial charge on any atom is -0.205 e. The van der Waals surface area contributed by atoms with Crippen LogP contribution in [-0.4, -0.2) is 0 Å². The molecule has 0 bridgehead atoms. The van der Waals surface area contributed by atoms with Crippen molar-refractivity contribution in [1.82, 2.24) is 0 Å². The van der Waals surface area contributed by atoms with Crippen molar-refractivity contribution in [2.75, 3.05) is 0 Å². The molecule has 0 radical (unpaired) electrons. The van der Waals surface area contributed by atoms with Crippen molar-refractivity contribution in [3.63, 3.8) is 0 Å². The molecular formula is C34H44ClF. The molecular weight excluding hydrogens is 463 g/mol. The van der Waals surface area contributed by atoms with Gasteiger partial charge in [0, 0.05) is 5.56 Å². The van der Waals surface area contributed by atoms with Gasteiger partial charge in [-0.2, -0.15) is 0 Å². The largest absolute Gasteiger partial charge is 0.205 e. The molecule has 2 aliphatic rings. The van der Waals surface area contributed by atoms with Crippen LogP contribution < -0.4 is 0 Å². The third kappa shape index (κ3) is 6.91. The van der Waals surface area contributed by atoms with Gasteiger partial charge in [0.25, 0.3) is 0 Å². The van der Waals surface area contributed by atoms with Crippen LogP contribution in [0.3, 0.4) is 0 Å². The molecule has 1 atom stereocenters. The van der Waals surface area contributed by atoms with Gasteiger partial charge in [-0.05, 0) is 105 Å². The minimum atomic E-state index is -0.248. The van der Waals surface area contributed by atoms with Crippen LogP contribution in [0.15, 0.2) is 54.6 Å². The number of hydrogen-bond donors (Lipinski definition) is 0. The smallest absolute Gasteiger partial charge is 0.145 e. The quantitative estimate of drug-likeness (QED) is 0.222. The Morgan fingerprint density at radius 3 is 2.33 bits per heavy atom. The molecule has 2 aromatic carbocycles. The zero-order valence-electron chi connectivity index (χ0n) is 22.4. The number of allylic oxidation sites excluding steroid dienone is 4. The minimum absolute atomic E-state index is 0.248. The molecule has 0 nitrogen and oxygen atoms in total. The van der Waals surface area contributed by atoms with Crippen LogP contribution in [0.1, 0.15) is 102 Å². The van der Waals surface area contributed by atoms with Gasteiger partial charge in [0.2, 0.25) is 0 Å². The number of hydrogen-bond acceptors (Lipinski definition) is 0. The first kappa shape index (κ1) is 27.2. The van der Waals surface area contributed by atoms with E-state index in [1.165, 1.54) is 68.9 Å². The summed E-state index contributed by atoms with van der Waals surface area (Å²) in [5.41, 5.74) is 5.29. The summed E-state index contributed by atoms with van der Waals surface area (Å²) in [5, 5.41) is 0.257. The fourth-order valence-electron chi connectivity index (χ4n) is 6.43. The lowest BCUT2D eigenvalue weighted by atomic mass is 9.70. The summed E-state index contributed by atoms with van der Waals surface area (Å²) < 4.78 is 14.9. The monoisotopic (exact) mass is 506 g/mol. The van der Waals surface area contributed by atoms with Gasteiger partial charge in [-0.1, -0.05) is 98.8 Å². The van der Waals surface area contributed by atoms with Crippen LogP contribution in [0.4, 0.5) is 4.39 Å². The van der Waals surface area contributed by atoms with E-state index < -0.39 is 0 Å². The maximum atomic E-state index is 14.9. The topological polar surface area (TPSA) is 0 Å². The van der Waals surface area contributed by atoms with Crippen molar-refractivity contribution in [3.8, 4) is 11.1 Å². The predicted molar refractivity (Wildman–Crippen MR) is 155 cm³/mol. The molecule has 0 amide bonds. The van der Waals surface area contributed by atoms with E-state index in [1.807, 2.05) is 12.1 Å². The van der Waals surface area contributed by atoms with E-state index in [0.717, 1.165) is 60.1 Å². The molecule has 4 rings (SSSR count). The summed E-state index contributed by atoms with van der Waals surface area (Å²) in [7, 11) is 0. The van der Waals surface area contributed by atoms with E-state index in [-0.39, 0.29) is 10.8 Å². The number of benzene rings is 2. The maximum absolute atomic E-state index is 14.9. The second-order valence-corrected chi connectivity index (χ2v) is 11.5. The van der Waals surface area contributed by atoms with Gasteiger partial charge in [0.15, 0.2) is 0 Å². The molecule has 0 N–H and O–H groups in total. The molecule has 1 unspecified atom stereocenters. The van der Waals surface area contributed by atoms with Gasteiger partial charge in [-0.25, -0.2) is 4.39 Å². The van der Waals surface area contributed by atoms with Gasteiger partial charge >= 0.3 is 0 Å². The zero-order valence-corrected chi connectivity index (χ0v) is 23.1. The summed E-state index contributed by atoms with van der Waals surface area (Å²) >= 11 is 6.48. The Bertz CT molecular complexity index is 1020. The third-order valence-electron chi connectivity index (χ3n) is 8.77. The van der Waals surface area contributed by atoms with Gasteiger partial charge in [-0.15, -0.1) is 0 Å². The maximum Gasteiger partial charge on any atom is 0.145 e. The second-order valence-electron chi connectivity index (χ2n) is 11.1. The molecule has 0 saturated heterocycles. The van der Waals surface area contributed by atoms with E-state index in [2.05, 4.69) is 56.3 Å². The zero-order chi connectivity index (χ0) is 25.3. The fourth-order valence-corrected chi connectivity index (χ4v) is 6.72. The SMILES string of the molecule is C/C=C/CCC1CCC(C2CC=C(c3ccc(-c4ccc(CCCCC)c(F)c4Cl)cc3)CC2)CC1. The highest BCUT2D eigenvalue weighted by atomic mass is 35.5. The highest BCUT2D eigenvalue weighted by molar-refractivity contribution is 6.33. The Morgan fingerprint density at radius 1 is 0.917 bits per heavy atom. The normalized spacial score (nSPS) is 22.7. The van der Waals surface area contributed by atoms with Crippen LogP contribution in [0.2, 0.25) is 5.02 Å².